The van der Waals surface area contributed by atoms with Gasteiger partial charge < -0.3 is 5.11 Å². The van der Waals surface area contributed by atoms with Crippen molar-refractivity contribution in [1.29, 1.82) is 0 Å². The number of primary sulfonamides is 1. The molecule has 3 N–H and O–H groups in total. The minimum Gasteiger partial charge on any atom is -0.476 e. The number of hydrogen-bond donors (Lipinski definition) is 2. The van der Waals surface area contributed by atoms with Gasteiger partial charge in [-0.1, -0.05) is 36.8 Å². The van der Waals surface area contributed by atoms with Crippen LogP contribution in [-0.2, 0) is 22.9 Å². The van der Waals surface area contributed by atoms with Gasteiger partial charge in [-0.3, -0.25) is 0 Å². The number of thiazole rings is 1. The summed E-state index contributed by atoms with van der Waals surface area (Å²) in [5.74, 6) is 5.47. The lowest BCUT2D eigenvalue weighted by Gasteiger charge is -2.10. The van der Waals surface area contributed by atoms with Crippen LogP contribution in [0.2, 0.25) is 0 Å². The van der Waals surface area contributed by atoms with Crippen LogP contribution >= 0.6 is 11.3 Å². The predicted molar refractivity (Wildman–Crippen MR) is 157 cm³/mol. The van der Waals surface area contributed by atoms with E-state index in [1.807, 2.05) is 6.07 Å². The molecule has 4 aromatic rings. The molecular formula is C31H29FN4O4S2. The van der Waals surface area contributed by atoms with E-state index in [0.29, 0.717) is 46.3 Å². The van der Waals surface area contributed by atoms with Gasteiger partial charge in [-0.2, -0.15) is 5.10 Å². The maximum Gasteiger partial charge on any atom is 0.355 e. The van der Waals surface area contributed by atoms with Gasteiger partial charge in [-0.05, 0) is 73.9 Å². The Bertz CT molecular complexity index is 1840. The highest BCUT2D eigenvalue weighted by molar-refractivity contribution is 7.89. The zero-order chi connectivity index (χ0) is 29.4. The number of aromatic carboxylic acids is 1. The molecule has 2 heterocycles. The van der Waals surface area contributed by atoms with E-state index >= 15 is 0 Å². The van der Waals surface area contributed by atoms with Gasteiger partial charge in [-0.25, -0.2) is 32.4 Å². The molecule has 0 spiro atoms. The summed E-state index contributed by atoms with van der Waals surface area (Å²) in [6.45, 7) is 0. The molecule has 2 saturated carbocycles. The van der Waals surface area contributed by atoms with Gasteiger partial charge in [0.15, 0.2) is 5.69 Å². The second kappa shape index (κ2) is 11.4. The van der Waals surface area contributed by atoms with Crippen molar-refractivity contribution >= 4 is 27.3 Å². The largest absolute Gasteiger partial charge is 0.476 e. The van der Waals surface area contributed by atoms with Crippen molar-refractivity contribution in [3.05, 3.63) is 81.7 Å². The summed E-state index contributed by atoms with van der Waals surface area (Å²) in [5.41, 5.74) is 3.89. The molecule has 0 aliphatic heterocycles. The third kappa shape index (κ3) is 6.16. The Kier molecular flexibility index (Phi) is 7.70. The number of carboxylic acid groups (broad SMARTS) is 1. The van der Waals surface area contributed by atoms with Crippen LogP contribution in [0.1, 0.15) is 71.4 Å². The Morgan fingerprint density at radius 3 is 2.62 bits per heavy atom. The van der Waals surface area contributed by atoms with Gasteiger partial charge in [0.1, 0.15) is 5.82 Å². The van der Waals surface area contributed by atoms with Crippen LogP contribution in [0.25, 0.3) is 16.4 Å². The first-order chi connectivity index (χ1) is 20.2. The molecule has 216 valence electrons. The Hall–Kier alpha value is -3.85. The maximum absolute atomic E-state index is 14.9. The molecule has 2 aromatic heterocycles. The number of sulfonamides is 1. The van der Waals surface area contributed by atoms with E-state index in [1.54, 1.807) is 28.9 Å². The number of carboxylic acids is 1. The minimum atomic E-state index is -3.91. The van der Waals surface area contributed by atoms with Crippen molar-refractivity contribution in [3.8, 4) is 28.2 Å². The van der Waals surface area contributed by atoms with Crippen LogP contribution in [-0.4, -0.2) is 34.3 Å². The van der Waals surface area contributed by atoms with E-state index in [-0.39, 0.29) is 16.5 Å². The smallest absolute Gasteiger partial charge is 0.355 e. The first-order valence-corrected chi connectivity index (χ1v) is 16.3. The number of carbonyl (C=O) groups is 1. The molecule has 2 fully saturated rings. The normalized spacial score (nSPS) is 15.5. The summed E-state index contributed by atoms with van der Waals surface area (Å²) in [6.07, 6.45) is 7.48. The van der Waals surface area contributed by atoms with Gasteiger partial charge in [0, 0.05) is 28.8 Å². The fourth-order valence-corrected chi connectivity index (χ4v) is 6.74. The van der Waals surface area contributed by atoms with Crippen LogP contribution in [0, 0.1) is 29.5 Å². The third-order valence-corrected chi connectivity index (χ3v) is 9.50. The number of benzene rings is 2. The van der Waals surface area contributed by atoms with Gasteiger partial charge >= 0.3 is 5.97 Å². The van der Waals surface area contributed by atoms with Gasteiger partial charge in [0.2, 0.25) is 15.2 Å². The Labute approximate surface area is 247 Å². The van der Waals surface area contributed by atoms with E-state index < -0.39 is 21.8 Å². The van der Waals surface area contributed by atoms with E-state index in [9.17, 15) is 22.7 Å². The van der Waals surface area contributed by atoms with Crippen LogP contribution in [0.3, 0.4) is 0 Å². The summed E-state index contributed by atoms with van der Waals surface area (Å²) in [7, 11) is -3.91. The molecule has 2 aromatic carbocycles. The van der Waals surface area contributed by atoms with E-state index in [1.165, 1.54) is 28.8 Å². The molecule has 0 unspecified atom stereocenters. The quantitative estimate of drug-likeness (QED) is 0.253. The summed E-state index contributed by atoms with van der Waals surface area (Å²) < 4.78 is 40.8. The van der Waals surface area contributed by atoms with Crippen molar-refractivity contribution in [2.24, 2.45) is 17.0 Å². The molecule has 0 bridgehead atoms. The van der Waals surface area contributed by atoms with Crippen molar-refractivity contribution in [3.63, 3.8) is 0 Å². The SMILES string of the molecule is NS(=O)(=O)c1cccc(Cc2c(-c3ccc(F)c(C#CC4CCCC4)c3)nn(-c3nc(C(=O)O)cs3)c2CC2CC2)c1. The monoisotopic (exact) mass is 604 g/mol. The number of rotatable bonds is 8. The molecule has 2 aliphatic rings. The van der Waals surface area contributed by atoms with E-state index in [0.717, 1.165) is 49.8 Å². The average Bonchev–Trinajstić information content (AvgIpc) is 3.30. The van der Waals surface area contributed by atoms with Gasteiger partial charge in [0.25, 0.3) is 0 Å². The van der Waals surface area contributed by atoms with Crippen LogP contribution in [0.4, 0.5) is 4.39 Å². The summed E-state index contributed by atoms with van der Waals surface area (Å²) in [6, 6.07) is 11.2. The first-order valence-electron chi connectivity index (χ1n) is 13.9. The standard InChI is InChI=1S/C31H29FN4O4S2/c32-26-13-12-23(17-22(26)11-10-19-4-1-2-5-19)29-25(15-21-6-3-7-24(14-21)42(33,39)40)28(16-20-8-9-20)36(35-29)31-34-27(18-41-31)30(37)38/h3,6-7,12-14,17-20H,1-2,4-5,8-9,15-16H2,(H,37,38)(H2,33,39,40). The Morgan fingerprint density at radius 1 is 1.14 bits per heavy atom. The third-order valence-electron chi connectivity index (χ3n) is 7.77. The fourth-order valence-electron chi connectivity index (χ4n) is 5.38. The van der Waals surface area contributed by atoms with Crippen molar-refractivity contribution < 1.29 is 22.7 Å². The van der Waals surface area contributed by atoms with Gasteiger partial charge in [0.05, 0.1) is 21.8 Å². The molecule has 0 atom stereocenters. The van der Waals surface area contributed by atoms with Crippen molar-refractivity contribution in [2.75, 3.05) is 0 Å². The number of halogens is 1. The molecule has 6 rings (SSSR count). The van der Waals surface area contributed by atoms with E-state index in [2.05, 4.69) is 16.8 Å². The Balaban J connectivity index is 1.50. The highest BCUT2D eigenvalue weighted by atomic mass is 32.2. The number of hydrogen-bond acceptors (Lipinski definition) is 6. The second-order valence-electron chi connectivity index (χ2n) is 11.0. The number of aromatic nitrogens is 3. The number of nitrogens with zero attached hydrogens (tertiary/aromatic N) is 3. The zero-order valence-corrected chi connectivity index (χ0v) is 24.3. The maximum atomic E-state index is 14.9. The lowest BCUT2D eigenvalue weighted by atomic mass is 9.96. The Morgan fingerprint density at radius 2 is 1.93 bits per heavy atom. The summed E-state index contributed by atoms with van der Waals surface area (Å²) in [5, 5.41) is 21.7. The molecule has 0 saturated heterocycles. The zero-order valence-electron chi connectivity index (χ0n) is 22.7. The number of nitrogens with two attached hydrogens (primary N) is 1. The highest BCUT2D eigenvalue weighted by Gasteiger charge is 2.29. The molecule has 2 aliphatic carbocycles. The fraction of sp³-hybridized carbons (Fsp3) is 0.323. The molecule has 0 radical (unpaired) electrons. The topological polar surface area (TPSA) is 128 Å². The molecule has 11 heteroatoms. The predicted octanol–water partition coefficient (Wildman–Crippen LogP) is 5.57. The van der Waals surface area contributed by atoms with Crippen LogP contribution in [0.15, 0.2) is 52.7 Å². The van der Waals surface area contributed by atoms with Crippen LogP contribution < -0.4 is 5.14 Å². The summed E-state index contributed by atoms with van der Waals surface area (Å²) >= 11 is 1.18. The second-order valence-corrected chi connectivity index (χ2v) is 13.4. The van der Waals surface area contributed by atoms with E-state index in [4.69, 9.17) is 10.2 Å². The average molecular weight is 605 g/mol. The molecule has 42 heavy (non-hydrogen) atoms. The molecule has 8 nitrogen and oxygen atoms in total. The first kappa shape index (κ1) is 28.3. The summed E-state index contributed by atoms with van der Waals surface area (Å²) in [4.78, 5) is 15.9. The van der Waals surface area contributed by atoms with Gasteiger partial charge in [-0.15, -0.1) is 11.3 Å². The molecular weight excluding hydrogens is 575 g/mol. The lowest BCUT2D eigenvalue weighted by Crippen LogP contribution is -2.12. The van der Waals surface area contributed by atoms with Crippen molar-refractivity contribution in [1.82, 2.24) is 14.8 Å². The van der Waals surface area contributed by atoms with Crippen LogP contribution in [0.5, 0.6) is 0 Å². The highest BCUT2D eigenvalue weighted by Crippen LogP contribution is 2.38. The van der Waals surface area contributed by atoms with Crippen molar-refractivity contribution in [2.45, 2.75) is 56.3 Å². The molecule has 0 amide bonds. The lowest BCUT2D eigenvalue weighted by molar-refractivity contribution is 0.0691. The minimum absolute atomic E-state index is 0.00923.